The predicted octanol–water partition coefficient (Wildman–Crippen LogP) is 8.81. The fourth-order valence-electron chi connectivity index (χ4n) is 5.70. The first-order valence-corrected chi connectivity index (χ1v) is 17.5. The summed E-state index contributed by atoms with van der Waals surface area (Å²) >= 11 is 1.24. The van der Waals surface area contributed by atoms with E-state index in [4.69, 9.17) is 0 Å². The topological polar surface area (TPSA) is 105 Å². The van der Waals surface area contributed by atoms with Gasteiger partial charge in [-0.25, -0.2) is 14.5 Å². The highest BCUT2D eigenvalue weighted by Gasteiger charge is 2.33. The number of hydrogen-bond acceptors (Lipinski definition) is 7. The molecule has 2 heterocycles. The first-order valence-electron chi connectivity index (χ1n) is 16.6. The minimum Gasteiger partial charge on any atom is -0.406 e. The number of carbonyl (C=O) groups is 2. The molecular weight excluding hydrogens is 668 g/mol. The largest absolute Gasteiger partial charge is 0.573 e. The number of aryl methyl sites for hydroxylation is 1. The summed E-state index contributed by atoms with van der Waals surface area (Å²) in [5.74, 6) is 0.252. The highest BCUT2D eigenvalue weighted by molar-refractivity contribution is 8.15. The Bertz CT molecular complexity index is 1850. The van der Waals surface area contributed by atoms with Gasteiger partial charge < -0.3 is 15.0 Å². The van der Waals surface area contributed by atoms with Gasteiger partial charge in [-0.3, -0.25) is 9.69 Å². The monoisotopic (exact) mass is 707 g/mol. The molecule has 0 saturated carbocycles. The molecule has 1 saturated heterocycles. The quantitative estimate of drug-likeness (QED) is 0.157. The summed E-state index contributed by atoms with van der Waals surface area (Å²) in [5, 5.41) is 7.69. The van der Waals surface area contributed by atoms with Crippen LogP contribution in [0.3, 0.4) is 0 Å². The van der Waals surface area contributed by atoms with Gasteiger partial charge in [-0.1, -0.05) is 52.4 Å². The Morgan fingerprint density at radius 3 is 2.40 bits per heavy atom. The maximum Gasteiger partial charge on any atom is 0.573 e. The van der Waals surface area contributed by atoms with E-state index in [2.05, 4.69) is 69.9 Å². The molecule has 0 radical (unpaired) electrons. The lowest BCUT2D eigenvalue weighted by Crippen LogP contribution is -2.32. The molecule has 1 aromatic heterocycles. The maximum absolute atomic E-state index is 13.3. The fourth-order valence-corrected chi connectivity index (χ4v) is 6.56. The number of amides is 3. The van der Waals surface area contributed by atoms with Gasteiger partial charge in [0.25, 0.3) is 0 Å². The standard InChI is InChI=1S/C36H40F3N7O3S/c1-6-17-44(18-7-2)27-12-15-29(23(4)5)31(20-27)46-32(47)21-50-35(46)42-34(48)41-30-16-9-25(19-24(30)8-3)33-40-22-45(43-33)26-10-13-28(14-11-26)49-36(37,38)39/h9-16,19-20,22-23H,6-8,17-18,21H2,1-5H3,(H,41,48)/b42-35-. The number of carbonyl (C=O) groups excluding carboxylic acids is 2. The molecule has 0 spiro atoms. The van der Waals surface area contributed by atoms with Crippen LogP contribution in [0.2, 0.25) is 0 Å². The Labute approximate surface area is 293 Å². The molecule has 0 aliphatic carbocycles. The normalized spacial score (nSPS) is 14.1. The average Bonchev–Trinajstić information content (AvgIpc) is 3.71. The summed E-state index contributed by atoms with van der Waals surface area (Å²) in [4.78, 5) is 39.2. The van der Waals surface area contributed by atoms with E-state index in [1.54, 1.807) is 17.0 Å². The van der Waals surface area contributed by atoms with Gasteiger partial charge in [-0.2, -0.15) is 4.99 Å². The molecule has 5 rings (SSSR count). The lowest BCUT2D eigenvalue weighted by atomic mass is 9.99. The van der Waals surface area contributed by atoms with Crippen LogP contribution in [0.5, 0.6) is 5.75 Å². The smallest absolute Gasteiger partial charge is 0.406 e. The molecule has 0 atom stereocenters. The van der Waals surface area contributed by atoms with E-state index in [1.165, 1.54) is 47.0 Å². The van der Waals surface area contributed by atoms with Crippen LogP contribution in [0.4, 0.5) is 35.0 Å². The molecule has 50 heavy (non-hydrogen) atoms. The number of nitrogens with zero attached hydrogens (tertiary/aromatic N) is 6. The Balaban J connectivity index is 1.36. The van der Waals surface area contributed by atoms with Crippen LogP contribution in [0.15, 0.2) is 72.0 Å². The number of nitrogens with one attached hydrogen (secondary N) is 1. The fraction of sp³-hybridized carbons (Fsp3) is 0.361. The number of ether oxygens (including phenoxy) is 1. The van der Waals surface area contributed by atoms with Gasteiger partial charge in [0.1, 0.15) is 12.1 Å². The van der Waals surface area contributed by atoms with E-state index < -0.39 is 12.4 Å². The Hall–Kier alpha value is -4.85. The van der Waals surface area contributed by atoms with Crippen LogP contribution in [-0.2, 0) is 11.2 Å². The van der Waals surface area contributed by atoms with E-state index in [0.717, 1.165) is 48.4 Å². The Morgan fingerprint density at radius 1 is 1.04 bits per heavy atom. The minimum atomic E-state index is -4.78. The van der Waals surface area contributed by atoms with Crippen molar-refractivity contribution < 1.29 is 27.5 Å². The van der Waals surface area contributed by atoms with E-state index in [-0.39, 0.29) is 23.3 Å². The van der Waals surface area contributed by atoms with Crippen LogP contribution in [-0.4, -0.2) is 57.1 Å². The number of hydrogen-bond donors (Lipinski definition) is 1. The van der Waals surface area contributed by atoms with Crippen LogP contribution in [0.1, 0.15) is 64.5 Å². The van der Waals surface area contributed by atoms with Gasteiger partial charge in [0.15, 0.2) is 11.0 Å². The van der Waals surface area contributed by atoms with Crippen molar-refractivity contribution in [1.29, 1.82) is 0 Å². The number of thioether (sulfide) groups is 1. The van der Waals surface area contributed by atoms with Gasteiger partial charge in [-0.05, 0) is 90.9 Å². The van der Waals surface area contributed by atoms with E-state index in [0.29, 0.717) is 34.4 Å². The number of aliphatic imine (C=N–C) groups is 1. The molecule has 3 amide bonds. The molecule has 0 unspecified atom stereocenters. The van der Waals surface area contributed by atoms with Crippen LogP contribution >= 0.6 is 11.8 Å². The third-order valence-corrected chi connectivity index (χ3v) is 8.93. The highest BCUT2D eigenvalue weighted by Crippen LogP contribution is 2.37. The number of alkyl halides is 3. The lowest BCUT2D eigenvalue weighted by molar-refractivity contribution is -0.274. The predicted molar refractivity (Wildman–Crippen MR) is 193 cm³/mol. The van der Waals surface area contributed by atoms with Crippen molar-refractivity contribution in [2.45, 2.75) is 66.2 Å². The SMILES string of the molecule is CCCN(CCC)c1ccc(C(C)C)c(N2C(=O)CS/C2=N\C(=O)Nc2ccc(-c3ncn(-c4ccc(OC(F)(F)F)cc4)n3)cc2CC)c1. The second-order valence-electron chi connectivity index (χ2n) is 12.0. The molecule has 4 aromatic rings. The lowest BCUT2D eigenvalue weighted by Gasteiger charge is -2.28. The van der Waals surface area contributed by atoms with Crippen molar-refractivity contribution in [2.75, 3.05) is 34.0 Å². The number of halogens is 3. The second kappa shape index (κ2) is 15.8. The second-order valence-corrected chi connectivity index (χ2v) is 12.9. The third-order valence-electron chi connectivity index (χ3n) is 8.00. The van der Waals surface area contributed by atoms with Crippen molar-refractivity contribution in [3.63, 3.8) is 0 Å². The van der Waals surface area contributed by atoms with Gasteiger partial charge in [0.2, 0.25) is 5.91 Å². The Morgan fingerprint density at radius 2 is 1.76 bits per heavy atom. The maximum atomic E-state index is 13.3. The first kappa shape index (κ1) is 36.4. The number of rotatable bonds is 12. The average molecular weight is 708 g/mol. The van der Waals surface area contributed by atoms with Gasteiger partial charge in [0, 0.05) is 30.0 Å². The van der Waals surface area contributed by atoms with E-state index in [9.17, 15) is 22.8 Å². The summed E-state index contributed by atoms with van der Waals surface area (Å²) in [6.45, 7) is 12.2. The molecule has 1 N–H and O–H groups in total. The van der Waals surface area contributed by atoms with Crippen LogP contribution in [0.25, 0.3) is 17.1 Å². The number of urea groups is 1. The third kappa shape index (κ3) is 8.65. The van der Waals surface area contributed by atoms with E-state index >= 15 is 0 Å². The summed E-state index contributed by atoms with van der Waals surface area (Å²) in [5.41, 5.74) is 5.33. The molecule has 10 nitrogen and oxygen atoms in total. The molecular formula is C36H40F3N7O3S. The zero-order valence-corrected chi connectivity index (χ0v) is 29.4. The number of anilines is 3. The van der Waals surface area contributed by atoms with Crippen molar-refractivity contribution in [3.8, 4) is 22.8 Å². The first-order chi connectivity index (χ1) is 23.9. The number of aromatic nitrogens is 3. The van der Waals surface area contributed by atoms with Crippen molar-refractivity contribution in [3.05, 3.63) is 78.1 Å². The zero-order chi connectivity index (χ0) is 36.0. The minimum absolute atomic E-state index is 0.130. The molecule has 0 bridgehead atoms. The van der Waals surface area contributed by atoms with Crippen molar-refractivity contribution >= 4 is 45.9 Å². The molecule has 1 aliphatic rings. The molecule has 14 heteroatoms. The Kier molecular flexibility index (Phi) is 11.5. The molecule has 1 fully saturated rings. The number of amidine groups is 1. The van der Waals surface area contributed by atoms with Gasteiger partial charge >= 0.3 is 12.4 Å². The van der Waals surface area contributed by atoms with Crippen LogP contribution < -0.4 is 19.9 Å². The summed E-state index contributed by atoms with van der Waals surface area (Å²) in [7, 11) is 0. The zero-order valence-electron chi connectivity index (χ0n) is 28.6. The van der Waals surface area contributed by atoms with Crippen LogP contribution in [0, 0.1) is 0 Å². The van der Waals surface area contributed by atoms with Crippen molar-refractivity contribution in [1.82, 2.24) is 14.8 Å². The molecule has 264 valence electrons. The summed E-state index contributed by atoms with van der Waals surface area (Å²) in [6.07, 6.45) is -0.744. The van der Waals surface area contributed by atoms with Crippen molar-refractivity contribution in [2.24, 2.45) is 4.99 Å². The molecule has 1 aliphatic heterocycles. The van der Waals surface area contributed by atoms with Gasteiger partial charge in [0.05, 0.1) is 17.1 Å². The highest BCUT2D eigenvalue weighted by atomic mass is 32.2. The molecule has 3 aromatic carbocycles. The summed E-state index contributed by atoms with van der Waals surface area (Å²) in [6, 6.07) is 16.3. The van der Waals surface area contributed by atoms with Gasteiger partial charge in [-0.15, -0.1) is 18.3 Å². The number of benzene rings is 3. The van der Waals surface area contributed by atoms with E-state index in [1.807, 2.05) is 19.1 Å². The summed E-state index contributed by atoms with van der Waals surface area (Å²) < 4.78 is 42.9.